The summed E-state index contributed by atoms with van der Waals surface area (Å²) in [5, 5.41) is 7.52. The molecule has 5 aliphatic rings. The van der Waals surface area contributed by atoms with Crippen molar-refractivity contribution in [3.8, 4) is 0 Å². The summed E-state index contributed by atoms with van der Waals surface area (Å²) >= 11 is 0. The molecule has 2 spiro atoms. The van der Waals surface area contributed by atoms with Gasteiger partial charge in [-0.1, -0.05) is 6.07 Å². The molecular formula is C24H27F3N6O. The van der Waals surface area contributed by atoms with Gasteiger partial charge >= 0.3 is 12.2 Å². The van der Waals surface area contributed by atoms with Crippen LogP contribution in [0.1, 0.15) is 79.2 Å². The Balaban J connectivity index is 0.866. The summed E-state index contributed by atoms with van der Waals surface area (Å²) in [7, 11) is 0. The minimum atomic E-state index is -4.40. The van der Waals surface area contributed by atoms with Gasteiger partial charge in [0.2, 0.25) is 0 Å². The fourth-order valence-electron chi connectivity index (χ4n) is 6.73. The standard InChI is InChI=1S/C24H27F3N6O/c25-24(26,27)18-4-3-15(9-28-18)16-5-22(6-16)10-32(11-22)21(34)33-12-23(13-33)7-17(8-23)20-29-19(30-31-20)14-1-2-14/h3-4,9,14,16-17H,1-2,5-8,10-13H2,(H,29,30,31). The second-order valence-corrected chi connectivity index (χ2v) is 11.5. The number of aromatic nitrogens is 4. The van der Waals surface area contributed by atoms with Crippen LogP contribution >= 0.6 is 0 Å². The largest absolute Gasteiger partial charge is 0.433 e. The first-order chi connectivity index (χ1) is 16.2. The van der Waals surface area contributed by atoms with Gasteiger partial charge in [0, 0.05) is 55.0 Å². The Bertz CT molecular complexity index is 1110. The van der Waals surface area contributed by atoms with Crippen LogP contribution in [-0.2, 0) is 6.18 Å². The molecule has 34 heavy (non-hydrogen) atoms. The van der Waals surface area contributed by atoms with Crippen molar-refractivity contribution in [3.05, 3.63) is 41.2 Å². The number of likely N-dealkylation sites (tertiary alicyclic amines) is 2. The van der Waals surface area contributed by atoms with Crippen LogP contribution in [0.15, 0.2) is 18.3 Å². The Morgan fingerprint density at radius 2 is 1.56 bits per heavy atom. The number of pyridine rings is 1. The molecule has 1 N–H and O–H groups in total. The zero-order valence-electron chi connectivity index (χ0n) is 18.8. The summed E-state index contributed by atoms with van der Waals surface area (Å²) in [5.41, 5.74) is 0.404. The Morgan fingerprint density at radius 3 is 2.09 bits per heavy atom. The molecule has 4 heterocycles. The number of nitrogens with zero attached hydrogens (tertiary/aromatic N) is 5. The van der Waals surface area contributed by atoms with Crippen molar-refractivity contribution in [2.45, 2.75) is 62.5 Å². The van der Waals surface area contributed by atoms with E-state index in [1.54, 1.807) is 6.07 Å². The fourth-order valence-corrected chi connectivity index (χ4v) is 6.73. The van der Waals surface area contributed by atoms with Crippen LogP contribution in [0.25, 0.3) is 0 Å². The summed E-state index contributed by atoms with van der Waals surface area (Å²) in [6, 6.07) is 2.75. The van der Waals surface area contributed by atoms with Crippen LogP contribution in [0.3, 0.4) is 0 Å². The molecule has 5 fully saturated rings. The van der Waals surface area contributed by atoms with Gasteiger partial charge in [0.1, 0.15) is 11.5 Å². The van der Waals surface area contributed by atoms with Crippen LogP contribution in [0.5, 0.6) is 0 Å². The Hall–Kier alpha value is -2.65. The molecule has 3 aliphatic carbocycles. The molecule has 0 aromatic carbocycles. The normalized spacial score (nSPS) is 25.6. The van der Waals surface area contributed by atoms with Gasteiger partial charge in [-0.3, -0.25) is 10.1 Å². The quantitative estimate of drug-likeness (QED) is 0.724. The first-order valence-electron chi connectivity index (χ1n) is 12.2. The van der Waals surface area contributed by atoms with E-state index in [9.17, 15) is 18.0 Å². The van der Waals surface area contributed by atoms with Crippen LogP contribution in [0.2, 0.25) is 0 Å². The number of urea groups is 1. The third-order valence-electron chi connectivity index (χ3n) is 8.76. The summed E-state index contributed by atoms with van der Waals surface area (Å²) in [6.45, 7) is 3.16. The minimum absolute atomic E-state index is 0.133. The highest BCUT2D eigenvalue weighted by Crippen LogP contribution is 2.58. The van der Waals surface area contributed by atoms with E-state index in [2.05, 4.69) is 20.2 Å². The average Bonchev–Trinajstić information content (AvgIpc) is 3.41. The molecule has 2 amide bonds. The number of nitrogens with one attached hydrogen (secondary N) is 1. The van der Waals surface area contributed by atoms with Crippen molar-refractivity contribution in [2.24, 2.45) is 10.8 Å². The monoisotopic (exact) mass is 472 g/mol. The molecule has 2 aromatic heterocycles. The third-order valence-corrected chi connectivity index (χ3v) is 8.76. The minimum Gasteiger partial charge on any atom is -0.323 e. The molecule has 2 saturated heterocycles. The number of rotatable bonds is 3. The second kappa shape index (κ2) is 6.73. The lowest BCUT2D eigenvalue weighted by atomic mass is 9.56. The SMILES string of the molecule is O=C(N1CC2(CC(c3ccc(C(F)(F)F)nc3)C2)C1)N1CC2(CC(c3n[nH]c(C4CC4)n3)C2)C1. The maximum Gasteiger partial charge on any atom is 0.433 e. The molecule has 10 heteroatoms. The molecule has 2 aliphatic heterocycles. The van der Waals surface area contributed by atoms with E-state index in [0.29, 0.717) is 11.8 Å². The summed E-state index contributed by atoms with van der Waals surface area (Å²) in [4.78, 5) is 25.1. The van der Waals surface area contributed by atoms with Gasteiger partial charge in [0.25, 0.3) is 0 Å². The molecule has 7 nitrogen and oxygen atoms in total. The van der Waals surface area contributed by atoms with E-state index in [0.717, 1.165) is 75.1 Å². The number of alkyl halides is 3. The van der Waals surface area contributed by atoms with E-state index in [1.807, 2.05) is 9.80 Å². The van der Waals surface area contributed by atoms with Crippen molar-refractivity contribution in [2.75, 3.05) is 26.2 Å². The lowest BCUT2D eigenvalue weighted by Gasteiger charge is -2.63. The summed E-state index contributed by atoms with van der Waals surface area (Å²) < 4.78 is 38.1. The molecule has 2 aromatic rings. The Labute approximate surface area is 195 Å². The van der Waals surface area contributed by atoms with Crippen molar-refractivity contribution >= 4 is 6.03 Å². The summed E-state index contributed by atoms with van der Waals surface area (Å²) in [5.74, 6) is 3.23. The highest BCUT2D eigenvalue weighted by Gasteiger charge is 2.59. The Morgan fingerprint density at radius 1 is 0.941 bits per heavy atom. The fraction of sp³-hybridized carbons (Fsp3) is 0.667. The van der Waals surface area contributed by atoms with Crippen molar-refractivity contribution < 1.29 is 18.0 Å². The van der Waals surface area contributed by atoms with E-state index in [4.69, 9.17) is 0 Å². The van der Waals surface area contributed by atoms with E-state index in [-0.39, 0.29) is 22.8 Å². The molecule has 0 bridgehead atoms. The van der Waals surface area contributed by atoms with Crippen molar-refractivity contribution in [1.82, 2.24) is 30.0 Å². The molecule has 180 valence electrons. The maximum absolute atomic E-state index is 12.9. The van der Waals surface area contributed by atoms with Crippen LogP contribution in [0, 0.1) is 10.8 Å². The molecule has 0 radical (unpaired) electrons. The maximum atomic E-state index is 12.9. The highest BCUT2D eigenvalue weighted by molar-refractivity contribution is 5.77. The zero-order chi connectivity index (χ0) is 23.3. The number of H-pyrrole nitrogens is 1. The predicted octanol–water partition coefficient (Wildman–Crippen LogP) is 4.27. The first kappa shape index (κ1) is 20.7. The third kappa shape index (κ3) is 3.24. The van der Waals surface area contributed by atoms with Gasteiger partial charge in [-0.2, -0.15) is 18.3 Å². The average molecular weight is 473 g/mol. The van der Waals surface area contributed by atoms with Gasteiger partial charge in [-0.15, -0.1) is 0 Å². The molecule has 0 atom stereocenters. The van der Waals surface area contributed by atoms with Gasteiger partial charge in [0.15, 0.2) is 5.82 Å². The van der Waals surface area contributed by atoms with Crippen LogP contribution < -0.4 is 0 Å². The van der Waals surface area contributed by atoms with Gasteiger partial charge in [0.05, 0.1) is 0 Å². The Kier molecular flexibility index (Phi) is 4.09. The van der Waals surface area contributed by atoms with E-state index >= 15 is 0 Å². The number of halogens is 3. The van der Waals surface area contributed by atoms with Crippen molar-refractivity contribution in [1.29, 1.82) is 0 Å². The number of amides is 2. The lowest BCUT2D eigenvalue weighted by molar-refractivity contribution is -0.141. The first-order valence-corrected chi connectivity index (χ1v) is 12.2. The van der Waals surface area contributed by atoms with Gasteiger partial charge in [-0.05, 0) is 56.1 Å². The highest BCUT2D eigenvalue weighted by atomic mass is 19.4. The number of hydrogen-bond acceptors (Lipinski definition) is 4. The number of hydrogen-bond donors (Lipinski definition) is 1. The molecule has 0 unspecified atom stereocenters. The predicted molar refractivity (Wildman–Crippen MR) is 115 cm³/mol. The van der Waals surface area contributed by atoms with E-state index < -0.39 is 11.9 Å². The topological polar surface area (TPSA) is 78.0 Å². The number of aromatic amines is 1. The molecule has 3 saturated carbocycles. The molecular weight excluding hydrogens is 445 g/mol. The van der Waals surface area contributed by atoms with Gasteiger partial charge < -0.3 is 9.80 Å². The van der Waals surface area contributed by atoms with Gasteiger partial charge in [-0.25, -0.2) is 9.78 Å². The van der Waals surface area contributed by atoms with Crippen molar-refractivity contribution in [3.63, 3.8) is 0 Å². The molecule has 7 rings (SSSR count). The number of carbonyl (C=O) groups excluding carboxylic acids is 1. The van der Waals surface area contributed by atoms with Crippen LogP contribution in [-0.4, -0.2) is 62.2 Å². The lowest BCUT2D eigenvalue weighted by Crippen LogP contribution is -2.70. The van der Waals surface area contributed by atoms with Crippen LogP contribution in [0.4, 0.5) is 18.0 Å². The smallest absolute Gasteiger partial charge is 0.323 e. The zero-order valence-corrected chi connectivity index (χ0v) is 18.8. The summed E-state index contributed by atoms with van der Waals surface area (Å²) in [6.07, 6.45) is 3.33. The van der Waals surface area contributed by atoms with E-state index in [1.165, 1.54) is 19.0 Å². The number of carbonyl (C=O) groups is 1. The second-order valence-electron chi connectivity index (χ2n) is 11.5.